The lowest BCUT2D eigenvalue weighted by molar-refractivity contribution is -0.385. The predicted octanol–water partition coefficient (Wildman–Crippen LogP) is 3.07. The molecule has 1 heterocycles. The molecule has 1 aromatic heterocycles. The van der Waals surface area contributed by atoms with Crippen LogP contribution in [-0.2, 0) is 11.3 Å². The predicted molar refractivity (Wildman–Crippen MR) is 78.2 cm³/mol. The van der Waals surface area contributed by atoms with Crippen LogP contribution in [0.2, 0.25) is 0 Å². The van der Waals surface area contributed by atoms with Crippen LogP contribution in [0.15, 0.2) is 47.6 Å². The number of carbonyl (C=O) groups is 1. The SMILES string of the molecule is CSc1ncccc1C(=O)OCc1ccccc1[N+](=O)[O-]. The lowest BCUT2D eigenvalue weighted by Crippen LogP contribution is -2.08. The Labute approximate surface area is 125 Å². The zero-order valence-corrected chi connectivity index (χ0v) is 12.0. The Morgan fingerprint density at radius 3 is 2.81 bits per heavy atom. The van der Waals surface area contributed by atoms with Crippen molar-refractivity contribution < 1.29 is 14.5 Å². The minimum atomic E-state index is -0.550. The van der Waals surface area contributed by atoms with Gasteiger partial charge in [-0.15, -0.1) is 11.8 Å². The molecule has 0 unspecified atom stereocenters. The van der Waals surface area contributed by atoms with E-state index in [2.05, 4.69) is 4.98 Å². The van der Waals surface area contributed by atoms with E-state index < -0.39 is 10.9 Å². The molecule has 0 saturated heterocycles. The van der Waals surface area contributed by atoms with Gasteiger partial charge < -0.3 is 4.74 Å². The molecule has 0 spiro atoms. The summed E-state index contributed by atoms with van der Waals surface area (Å²) in [5.41, 5.74) is 0.635. The first-order valence-corrected chi connectivity index (χ1v) is 7.24. The Kier molecular flexibility index (Phi) is 4.89. The second-order valence-corrected chi connectivity index (χ2v) is 4.82. The van der Waals surface area contributed by atoms with E-state index in [1.165, 1.54) is 17.8 Å². The third-order valence-electron chi connectivity index (χ3n) is 2.73. The maximum atomic E-state index is 12.0. The monoisotopic (exact) mass is 304 g/mol. The molecule has 0 N–H and O–H groups in total. The van der Waals surface area contributed by atoms with E-state index >= 15 is 0 Å². The fraction of sp³-hybridized carbons (Fsp3) is 0.143. The zero-order chi connectivity index (χ0) is 15.2. The molecular formula is C14H12N2O4S. The molecule has 1 aromatic carbocycles. The number of pyridine rings is 1. The number of carbonyl (C=O) groups excluding carboxylic acids is 1. The van der Waals surface area contributed by atoms with Crippen LogP contribution in [0.25, 0.3) is 0 Å². The Morgan fingerprint density at radius 1 is 1.33 bits per heavy atom. The van der Waals surface area contributed by atoms with Gasteiger partial charge in [-0.2, -0.15) is 0 Å². The summed E-state index contributed by atoms with van der Waals surface area (Å²) in [6, 6.07) is 9.41. The van der Waals surface area contributed by atoms with Gasteiger partial charge in [-0.05, 0) is 24.5 Å². The molecule has 0 radical (unpaired) electrons. The van der Waals surface area contributed by atoms with Gasteiger partial charge in [0.1, 0.15) is 11.6 Å². The minimum Gasteiger partial charge on any atom is -0.457 e. The van der Waals surface area contributed by atoms with E-state index in [9.17, 15) is 14.9 Å². The number of nitrogens with zero attached hydrogens (tertiary/aromatic N) is 2. The Balaban J connectivity index is 2.13. The molecule has 0 bridgehead atoms. The molecular weight excluding hydrogens is 292 g/mol. The number of hydrogen-bond donors (Lipinski definition) is 0. The topological polar surface area (TPSA) is 82.3 Å². The summed E-state index contributed by atoms with van der Waals surface area (Å²) in [4.78, 5) is 26.5. The Morgan fingerprint density at radius 2 is 2.10 bits per heavy atom. The fourth-order valence-electron chi connectivity index (χ4n) is 1.74. The van der Waals surface area contributed by atoms with Crippen LogP contribution in [0.4, 0.5) is 5.69 Å². The quantitative estimate of drug-likeness (QED) is 0.365. The Bertz CT molecular complexity index is 676. The number of rotatable bonds is 5. The standard InChI is InChI=1S/C14H12N2O4S/c1-21-13-11(6-4-8-15-13)14(17)20-9-10-5-2-3-7-12(10)16(18)19/h2-8H,9H2,1H3. The highest BCUT2D eigenvalue weighted by molar-refractivity contribution is 7.98. The molecule has 0 saturated carbocycles. The van der Waals surface area contributed by atoms with Crippen molar-refractivity contribution in [2.24, 2.45) is 0 Å². The summed E-state index contributed by atoms with van der Waals surface area (Å²) >= 11 is 1.33. The molecule has 21 heavy (non-hydrogen) atoms. The molecule has 108 valence electrons. The molecule has 0 fully saturated rings. The van der Waals surface area contributed by atoms with Gasteiger partial charge in [0.05, 0.1) is 16.1 Å². The number of para-hydroxylation sites is 1. The van der Waals surface area contributed by atoms with Crippen molar-refractivity contribution in [1.82, 2.24) is 4.98 Å². The average Bonchev–Trinajstić information content (AvgIpc) is 2.52. The lowest BCUT2D eigenvalue weighted by Gasteiger charge is -2.07. The van der Waals surface area contributed by atoms with E-state index in [0.717, 1.165) is 0 Å². The van der Waals surface area contributed by atoms with Crippen LogP contribution in [-0.4, -0.2) is 22.1 Å². The fourth-order valence-corrected chi connectivity index (χ4v) is 2.28. The third kappa shape index (κ3) is 3.57. The lowest BCUT2D eigenvalue weighted by atomic mass is 10.2. The van der Waals surface area contributed by atoms with E-state index in [0.29, 0.717) is 16.2 Å². The van der Waals surface area contributed by atoms with Crippen molar-refractivity contribution >= 4 is 23.4 Å². The van der Waals surface area contributed by atoms with Crippen LogP contribution >= 0.6 is 11.8 Å². The average molecular weight is 304 g/mol. The first-order chi connectivity index (χ1) is 10.1. The van der Waals surface area contributed by atoms with Crippen molar-refractivity contribution in [3.8, 4) is 0 Å². The second kappa shape index (κ2) is 6.85. The summed E-state index contributed by atoms with van der Waals surface area (Å²) in [5.74, 6) is -0.550. The van der Waals surface area contributed by atoms with Crippen molar-refractivity contribution in [1.29, 1.82) is 0 Å². The molecule has 0 aliphatic rings. The van der Waals surface area contributed by atoms with Gasteiger partial charge in [0.2, 0.25) is 0 Å². The van der Waals surface area contributed by atoms with Crippen LogP contribution in [0.5, 0.6) is 0 Å². The van der Waals surface area contributed by atoms with Gasteiger partial charge in [-0.3, -0.25) is 10.1 Å². The number of nitro groups is 1. The number of thioether (sulfide) groups is 1. The summed E-state index contributed by atoms with van der Waals surface area (Å²) in [5, 5.41) is 11.4. The highest BCUT2D eigenvalue weighted by Crippen LogP contribution is 2.21. The normalized spacial score (nSPS) is 10.1. The summed E-state index contributed by atoms with van der Waals surface area (Å²) in [6.45, 7) is -0.154. The number of benzene rings is 1. The number of nitro benzene ring substituents is 1. The van der Waals surface area contributed by atoms with Crippen LogP contribution in [0.1, 0.15) is 15.9 Å². The van der Waals surface area contributed by atoms with Gasteiger partial charge in [0, 0.05) is 12.3 Å². The number of hydrogen-bond acceptors (Lipinski definition) is 6. The summed E-state index contributed by atoms with van der Waals surface area (Å²) < 4.78 is 5.15. The number of esters is 1. The summed E-state index contributed by atoms with van der Waals surface area (Å²) in [7, 11) is 0. The van der Waals surface area contributed by atoms with Gasteiger partial charge in [0.25, 0.3) is 5.69 Å². The van der Waals surface area contributed by atoms with E-state index in [4.69, 9.17) is 4.74 Å². The van der Waals surface area contributed by atoms with Crippen LogP contribution in [0.3, 0.4) is 0 Å². The summed E-state index contributed by atoms with van der Waals surface area (Å²) in [6.07, 6.45) is 3.39. The number of aromatic nitrogens is 1. The molecule has 6 nitrogen and oxygen atoms in total. The minimum absolute atomic E-state index is 0.0680. The highest BCUT2D eigenvalue weighted by atomic mass is 32.2. The molecule has 7 heteroatoms. The van der Waals surface area contributed by atoms with Crippen molar-refractivity contribution in [3.05, 3.63) is 63.8 Å². The number of ether oxygens (including phenoxy) is 1. The molecule has 2 aromatic rings. The van der Waals surface area contributed by atoms with E-state index in [-0.39, 0.29) is 12.3 Å². The first-order valence-electron chi connectivity index (χ1n) is 6.02. The highest BCUT2D eigenvalue weighted by Gasteiger charge is 2.17. The second-order valence-electron chi connectivity index (χ2n) is 4.02. The first kappa shape index (κ1) is 15.0. The van der Waals surface area contributed by atoms with Crippen LogP contribution < -0.4 is 0 Å². The molecule has 0 aliphatic carbocycles. The third-order valence-corrected chi connectivity index (χ3v) is 3.44. The molecule has 0 amide bonds. The molecule has 0 aliphatic heterocycles. The smallest absolute Gasteiger partial charge is 0.341 e. The van der Waals surface area contributed by atoms with Crippen molar-refractivity contribution in [3.63, 3.8) is 0 Å². The van der Waals surface area contributed by atoms with Gasteiger partial charge in [-0.25, -0.2) is 9.78 Å². The van der Waals surface area contributed by atoms with Gasteiger partial charge >= 0.3 is 5.97 Å². The Hall–Kier alpha value is -2.41. The van der Waals surface area contributed by atoms with Gasteiger partial charge in [0.15, 0.2) is 0 Å². The van der Waals surface area contributed by atoms with E-state index in [1.807, 2.05) is 0 Å². The maximum absolute atomic E-state index is 12.0. The molecule has 2 rings (SSSR count). The maximum Gasteiger partial charge on any atom is 0.341 e. The van der Waals surface area contributed by atoms with Crippen molar-refractivity contribution in [2.75, 3.05) is 6.26 Å². The molecule has 0 atom stereocenters. The van der Waals surface area contributed by atoms with Gasteiger partial charge in [-0.1, -0.05) is 12.1 Å². The largest absolute Gasteiger partial charge is 0.457 e. The van der Waals surface area contributed by atoms with Crippen molar-refractivity contribution in [2.45, 2.75) is 11.6 Å². The van der Waals surface area contributed by atoms with Crippen LogP contribution in [0, 0.1) is 10.1 Å². The zero-order valence-electron chi connectivity index (χ0n) is 11.2. The van der Waals surface area contributed by atoms with E-state index in [1.54, 1.807) is 42.8 Å².